The summed E-state index contributed by atoms with van der Waals surface area (Å²) in [4.78, 5) is 35.0. The maximum atomic E-state index is 12.8. The predicted octanol–water partition coefficient (Wildman–Crippen LogP) is 3.67. The van der Waals surface area contributed by atoms with Gasteiger partial charge < -0.3 is 15.1 Å². The number of urea groups is 1. The van der Waals surface area contributed by atoms with Gasteiger partial charge >= 0.3 is 6.03 Å². The number of thiophene rings is 1. The molecule has 1 N–H and O–H groups in total. The number of carbonyl (C=O) groups excluding carboxylic acids is 2. The van der Waals surface area contributed by atoms with Crippen molar-refractivity contribution in [2.24, 2.45) is 0 Å². The van der Waals surface area contributed by atoms with Gasteiger partial charge in [0.15, 0.2) is 0 Å². The van der Waals surface area contributed by atoms with Crippen molar-refractivity contribution >= 4 is 34.6 Å². The zero-order chi connectivity index (χ0) is 18.6. The molecule has 144 valence electrons. The highest BCUT2D eigenvalue weighted by molar-refractivity contribution is 7.21. The highest BCUT2D eigenvalue weighted by Crippen LogP contribution is 2.29. The van der Waals surface area contributed by atoms with Crippen LogP contribution < -0.4 is 5.32 Å². The molecular formula is C19H24N4O2S2. The predicted molar refractivity (Wildman–Crippen MR) is 108 cm³/mol. The Labute approximate surface area is 167 Å². The van der Waals surface area contributed by atoms with Crippen LogP contribution in [0, 0.1) is 0 Å². The first-order valence-electron chi connectivity index (χ1n) is 9.55. The normalized spacial score (nSPS) is 18.5. The third kappa shape index (κ3) is 4.32. The molecule has 0 aromatic carbocycles. The molecule has 1 saturated heterocycles. The van der Waals surface area contributed by atoms with Gasteiger partial charge in [0, 0.05) is 32.2 Å². The fourth-order valence-electron chi connectivity index (χ4n) is 3.67. The molecule has 0 spiro atoms. The Hall–Kier alpha value is -1.93. The number of aromatic nitrogens is 1. The smallest absolute Gasteiger partial charge is 0.317 e. The molecule has 2 aromatic rings. The second kappa shape index (κ2) is 8.39. The number of thiazole rings is 1. The van der Waals surface area contributed by atoms with E-state index in [9.17, 15) is 9.59 Å². The Morgan fingerprint density at radius 3 is 2.52 bits per heavy atom. The molecule has 3 heterocycles. The quantitative estimate of drug-likeness (QED) is 0.849. The molecule has 1 saturated carbocycles. The van der Waals surface area contributed by atoms with Gasteiger partial charge in [-0.3, -0.25) is 4.79 Å². The van der Waals surface area contributed by atoms with E-state index in [1.165, 1.54) is 30.6 Å². The van der Waals surface area contributed by atoms with Gasteiger partial charge in [0.25, 0.3) is 5.91 Å². The number of nitrogens with zero attached hydrogens (tertiary/aromatic N) is 3. The minimum Gasteiger partial charge on any atom is -0.335 e. The molecule has 27 heavy (non-hydrogen) atoms. The summed E-state index contributed by atoms with van der Waals surface area (Å²) in [6.45, 7) is 2.31. The average molecular weight is 405 g/mol. The van der Waals surface area contributed by atoms with Gasteiger partial charge in [-0.05, 0) is 24.3 Å². The number of carbonyl (C=O) groups is 2. The molecule has 0 unspecified atom stereocenters. The Balaban J connectivity index is 1.29. The van der Waals surface area contributed by atoms with Crippen LogP contribution in [0.15, 0.2) is 23.7 Å². The number of rotatable bonds is 3. The highest BCUT2D eigenvalue weighted by atomic mass is 32.1. The molecule has 1 aliphatic carbocycles. The molecule has 0 radical (unpaired) electrons. The third-order valence-electron chi connectivity index (χ3n) is 5.24. The van der Waals surface area contributed by atoms with Crippen molar-refractivity contribution in [3.05, 3.63) is 28.6 Å². The molecule has 0 bridgehead atoms. The molecule has 8 heteroatoms. The number of hydrogen-bond acceptors (Lipinski definition) is 5. The summed E-state index contributed by atoms with van der Waals surface area (Å²) in [5.41, 5.74) is 0. The van der Waals surface area contributed by atoms with E-state index in [2.05, 4.69) is 10.3 Å². The maximum absolute atomic E-state index is 12.8. The second-order valence-corrected chi connectivity index (χ2v) is 9.05. The minimum atomic E-state index is 0.0163. The van der Waals surface area contributed by atoms with Crippen LogP contribution in [0.4, 0.5) is 4.79 Å². The van der Waals surface area contributed by atoms with Crippen molar-refractivity contribution in [2.45, 2.75) is 38.1 Å². The van der Waals surface area contributed by atoms with Crippen LogP contribution in [0.1, 0.15) is 41.8 Å². The molecule has 2 aromatic heterocycles. The fourth-order valence-corrected chi connectivity index (χ4v) is 5.36. The molecular weight excluding hydrogens is 380 g/mol. The van der Waals surface area contributed by atoms with Crippen LogP contribution in [0.25, 0.3) is 9.88 Å². The first-order valence-corrected chi connectivity index (χ1v) is 11.2. The molecule has 2 fully saturated rings. The third-order valence-corrected chi connectivity index (χ3v) is 7.26. The van der Waals surface area contributed by atoms with Crippen molar-refractivity contribution in [2.75, 3.05) is 26.2 Å². The van der Waals surface area contributed by atoms with E-state index >= 15 is 0 Å². The molecule has 3 amide bonds. The van der Waals surface area contributed by atoms with Gasteiger partial charge in [-0.15, -0.1) is 22.7 Å². The van der Waals surface area contributed by atoms with E-state index in [0.717, 1.165) is 22.7 Å². The van der Waals surface area contributed by atoms with Crippen LogP contribution in [-0.4, -0.2) is 58.9 Å². The first kappa shape index (κ1) is 18.4. The van der Waals surface area contributed by atoms with Crippen LogP contribution in [0.5, 0.6) is 0 Å². The SMILES string of the molecule is O=C(NC1CCCCC1)N1CCN(C(=O)c2cnc(-c3cccs3)s2)CC1. The lowest BCUT2D eigenvalue weighted by atomic mass is 9.96. The lowest BCUT2D eigenvalue weighted by Crippen LogP contribution is -2.54. The van der Waals surface area contributed by atoms with Crippen LogP contribution in [0.3, 0.4) is 0 Å². The Kier molecular flexibility index (Phi) is 5.73. The average Bonchev–Trinajstić information content (AvgIpc) is 3.40. The monoisotopic (exact) mass is 404 g/mol. The van der Waals surface area contributed by atoms with E-state index in [4.69, 9.17) is 0 Å². The van der Waals surface area contributed by atoms with Crippen LogP contribution >= 0.6 is 22.7 Å². The van der Waals surface area contributed by atoms with Crippen LogP contribution in [0.2, 0.25) is 0 Å². The summed E-state index contributed by atoms with van der Waals surface area (Å²) in [5, 5.41) is 6.06. The number of amides is 3. The van der Waals surface area contributed by atoms with E-state index in [0.29, 0.717) is 37.1 Å². The Bertz CT molecular complexity index is 775. The summed E-state index contributed by atoms with van der Waals surface area (Å²) < 4.78 is 0. The van der Waals surface area contributed by atoms with Gasteiger partial charge in [-0.25, -0.2) is 9.78 Å². The number of piperazine rings is 1. The Morgan fingerprint density at radius 2 is 1.81 bits per heavy atom. The fraction of sp³-hybridized carbons (Fsp3) is 0.526. The second-order valence-electron chi connectivity index (χ2n) is 7.07. The van der Waals surface area contributed by atoms with E-state index in [1.54, 1.807) is 17.5 Å². The molecule has 6 nitrogen and oxygen atoms in total. The molecule has 2 aliphatic rings. The highest BCUT2D eigenvalue weighted by Gasteiger charge is 2.27. The molecule has 4 rings (SSSR count). The lowest BCUT2D eigenvalue weighted by molar-refractivity contribution is 0.0667. The van der Waals surface area contributed by atoms with E-state index < -0.39 is 0 Å². The van der Waals surface area contributed by atoms with Gasteiger partial charge in [-0.2, -0.15) is 0 Å². The number of hydrogen-bond donors (Lipinski definition) is 1. The van der Waals surface area contributed by atoms with Crippen LogP contribution in [-0.2, 0) is 0 Å². The summed E-state index contributed by atoms with van der Waals surface area (Å²) >= 11 is 3.06. The van der Waals surface area contributed by atoms with Crippen molar-refractivity contribution in [3.8, 4) is 9.88 Å². The standard InChI is InChI=1S/C19H24N4O2S2/c24-18(16-13-20-17(27-16)15-7-4-12-26-15)22-8-10-23(11-9-22)19(25)21-14-5-2-1-3-6-14/h4,7,12-14H,1-3,5-6,8-11H2,(H,21,25). The summed E-state index contributed by atoms with van der Waals surface area (Å²) in [5.74, 6) is 0.0163. The van der Waals surface area contributed by atoms with Gasteiger partial charge in [0.2, 0.25) is 0 Å². The van der Waals surface area contributed by atoms with Gasteiger partial charge in [0.1, 0.15) is 9.88 Å². The zero-order valence-electron chi connectivity index (χ0n) is 15.2. The largest absolute Gasteiger partial charge is 0.335 e. The number of nitrogens with one attached hydrogen (secondary N) is 1. The van der Waals surface area contributed by atoms with Crippen molar-refractivity contribution in [3.63, 3.8) is 0 Å². The first-order chi connectivity index (χ1) is 13.2. The zero-order valence-corrected chi connectivity index (χ0v) is 16.9. The summed E-state index contributed by atoms with van der Waals surface area (Å²) in [6.07, 6.45) is 7.53. The minimum absolute atomic E-state index is 0.0163. The Morgan fingerprint density at radius 1 is 1.07 bits per heavy atom. The van der Waals surface area contributed by atoms with E-state index in [-0.39, 0.29) is 11.9 Å². The van der Waals surface area contributed by atoms with Crippen molar-refractivity contribution in [1.29, 1.82) is 0 Å². The lowest BCUT2D eigenvalue weighted by Gasteiger charge is -2.35. The topological polar surface area (TPSA) is 65.5 Å². The maximum Gasteiger partial charge on any atom is 0.317 e. The van der Waals surface area contributed by atoms with Gasteiger partial charge in [0.05, 0.1) is 11.1 Å². The van der Waals surface area contributed by atoms with E-state index in [1.807, 2.05) is 27.3 Å². The molecule has 1 aliphatic heterocycles. The molecule has 0 atom stereocenters. The van der Waals surface area contributed by atoms with Crippen molar-refractivity contribution < 1.29 is 9.59 Å². The summed E-state index contributed by atoms with van der Waals surface area (Å²) in [7, 11) is 0. The van der Waals surface area contributed by atoms with Crippen molar-refractivity contribution in [1.82, 2.24) is 20.1 Å². The summed E-state index contributed by atoms with van der Waals surface area (Å²) in [6, 6.07) is 4.34. The van der Waals surface area contributed by atoms with Gasteiger partial charge in [-0.1, -0.05) is 25.3 Å².